The molecule has 0 bridgehead atoms. The molecule has 2 rings (SSSR count). The second-order valence-electron chi connectivity index (χ2n) is 9.50. The minimum atomic E-state index is -2.73. The maximum absolute atomic E-state index is 12.2. The van der Waals surface area contributed by atoms with Gasteiger partial charge < -0.3 is 19.6 Å². The molecule has 0 aliphatic carbocycles. The standard InChI is InChI=1S/C24H35NO4Si/c1-23(2,3)29-22(27)25-19(17-26)18-28-30(24(4,5)6,20-13-9-7-10-14-20)21-15-11-8-12-16-21/h7-16,19,26H,17-18H2,1-6H3,(H,25,27)/t19-/m0/s1. The molecule has 0 fully saturated rings. The molecular formula is C24H35NO4Si. The molecule has 0 radical (unpaired) electrons. The third kappa shape index (κ3) is 5.94. The van der Waals surface area contributed by atoms with Crippen LogP contribution in [0.4, 0.5) is 4.79 Å². The van der Waals surface area contributed by atoms with Gasteiger partial charge in [0.1, 0.15) is 5.60 Å². The van der Waals surface area contributed by atoms with Gasteiger partial charge in [-0.1, -0.05) is 81.4 Å². The maximum Gasteiger partial charge on any atom is 0.408 e. The van der Waals surface area contributed by atoms with Gasteiger partial charge >= 0.3 is 6.09 Å². The van der Waals surface area contributed by atoms with Gasteiger partial charge in [-0.2, -0.15) is 0 Å². The first-order chi connectivity index (χ1) is 14.0. The summed E-state index contributed by atoms with van der Waals surface area (Å²) in [5.74, 6) is 0. The minimum absolute atomic E-state index is 0.179. The Bertz CT molecular complexity index is 758. The van der Waals surface area contributed by atoms with Crippen molar-refractivity contribution in [3.8, 4) is 0 Å². The van der Waals surface area contributed by atoms with Crippen LogP contribution in [0.15, 0.2) is 60.7 Å². The first kappa shape index (κ1) is 24.1. The molecule has 0 aromatic heterocycles. The number of hydrogen-bond donors (Lipinski definition) is 2. The summed E-state index contributed by atoms with van der Waals surface area (Å²) >= 11 is 0. The monoisotopic (exact) mass is 429 g/mol. The Morgan fingerprint density at radius 3 is 1.77 bits per heavy atom. The van der Waals surface area contributed by atoms with Gasteiger partial charge in [0, 0.05) is 0 Å². The largest absolute Gasteiger partial charge is 0.444 e. The van der Waals surface area contributed by atoms with Crippen LogP contribution in [-0.2, 0) is 9.16 Å². The van der Waals surface area contributed by atoms with E-state index >= 15 is 0 Å². The molecule has 1 atom stereocenters. The Balaban J connectivity index is 2.37. The van der Waals surface area contributed by atoms with Crippen LogP contribution in [0.5, 0.6) is 0 Å². The number of rotatable bonds is 7. The van der Waals surface area contributed by atoms with Crippen LogP contribution in [0.3, 0.4) is 0 Å². The van der Waals surface area contributed by atoms with Crippen LogP contribution in [0.25, 0.3) is 0 Å². The Kier molecular flexibility index (Phi) is 7.85. The van der Waals surface area contributed by atoms with E-state index in [1.54, 1.807) is 20.8 Å². The van der Waals surface area contributed by atoms with Crippen molar-refractivity contribution in [1.29, 1.82) is 0 Å². The molecule has 2 aromatic rings. The van der Waals surface area contributed by atoms with Crippen molar-refractivity contribution in [3.05, 3.63) is 60.7 Å². The molecule has 0 spiro atoms. The van der Waals surface area contributed by atoms with E-state index in [2.05, 4.69) is 50.4 Å². The van der Waals surface area contributed by atoms with E-state index in [-0.39, 0.29) is 18.3 Å². The summed E-state index contributed by atoms with van der Waals surface area (Å²) in [6.45, 7) is 11.9. The zero-order chi connectivity index (χ0) is 22.4. The second-order valence-corrected chi connectivity index (χ2v) is 13.8. The topological polar surface area (TPSA) is 67.8 Å². The number of aliphatic hydroxyl groups is 1. The molecule has 30 heavy (non-hydrogen) atoms. The highest BCUT2D eigenvalue weighted by molar-refractivity contribution is 6.99. The normalized spacial score (nSPS) is 13.6. The number of aliphatic hydroxyl groups excluding tert-OH is 1. The number of hydrogen-bond acceptors (Lipinski definition) is 4. The lowest BCUT2D eigenvalue weighted by molar-refractivity contribution is 0.0455. The number of nitrogens with one attached hydrogen (secondary N) is 1. The molecular weight excluding hydrogens is 394 g/mol. The number of ether oxygens (including phenoxy) is 1. The van der Waals surface area contributed by atoms with E-state index in [9.17, 15) is 9.90 Å². The van der Waals surface area contributed by atoms with Crippen molar-refractivity contribution in [2.45, 2.75) is 58.2 Å². The van der Waals surface area contributed by atoms with Crippen molar-refractivity contribution in [1.82, 2.24) is 5.32 Å². The lowest BCUT2D eigenvalue weighted by atomic mass is 10.2. The minimum Gasteiger partial charge on any atom is -0.444 e. The molecule has 1 amide bonds. The Morgan fingerprint density at radius 1 is 0.933 bits per heavy atom. The highest BCUT2D eigenvalue weighted by atomic mass is 28.4. The first-order valence-electron chi connectivity index (χ1n) is 10.3. The third-order valence-corrected chi connectivity index (χ3v) is 9.86. The van der Waals surface area contributed by atoms with Crippen molar-refractivity contribution < 1.29 is 19.1 Å². The van der Waals surface area contributed by atoms with Crippen LogP contribution >= 0.6 is 0 Å². The average Bonchev–Trinajstić information content (AvgIpc) is 2.66. The van der Waals surface area contributed by atoms with E-state index in [1.165, 1.54) is 0 Å². The Hall–Kier alpha value is -2.15. The highest BCUT2D eigenvalue weighted by Crippen LogP contribution is 2.36. The van der Waals surface area contributed by atoms with E-state index in [4.69, 9.17) is 9.16 Å². The number of carbonyl (C=O) groups is 1. The number of alkyl carbamates (subject to hydrolysis) is 1. The lowest BCUT2D eigenvalue weighted by Gasteiger charge is -2.43. The predicted octanol–water partition coefficient (Wildman–Crippen LogP) is 3.45. The second kappa shape index (κ2) is 9.77. The van der Waals surface area contributed by atoms with Gasteiger partial charge in [0.05, 0.1) is 19.3 Å². The third-order valence-electron chi connectivity index (χ3n) is 4.86. The summed E-state index contributed by atoms with van der Waals surface area (Å²) in [6, 6.07) is 20.0. The summed E-state index contributed by atoms with van der Waals surface area (Å²) in [4.78, 5) is 12.2. The summed E-state index contributed by atoms with van der Waals surface area (Å²) < 4.78 is 12.1. The average molecular weight is 430 g/mol. The van der Waals surface area contributed by atoms with E-state index < -0.39 is 26.1 Å². The zero-order valence-electron chi connectivity index (χ0n) is 18.9. The SMILES string of the molecule is CC(C)(C)OC(=O)N[C@@H](CO)CO[Si](c1ccccc1)(c1ccccc1)C(C)(C)C. The Morgan fingerprint density at radius 2 is 1.40 bits per heavy atom. The molecule has 0 saturated carbocycles. The summed E-state index contributed by atoms with van der Waals surface area (Å²) in [5.41, 5.74) is -0.608. The molecule has 0 aliphatic heterocycles. The summed E-state index contributed by atoms with van der Waals surface area (Å²) in [6.07, 6.45) is -0.562. The van der Waals surface area contributed by atoms with E-state index in [1.807, 2.05) is 36.4 Å². The van der Waals surface area contributed by atoms with Gasteiger partial charge in [-0.05, 0) is 36.2 Å². The number of benzene rings is 2. The molecule has 2 aromatic carbocycles. The van der Waals surface area contributed by atoms with Crippen LogP contribution in [-0.4, -0.2) is 44.4 Å². The zero-order valence-corrected chi connectivity index (χ0v) is 19.9. The Labute approximate surface area is 181 Å². The van der Waals surface area contributed by atoms with E-state index in [0.29, 0.717) is 0 Å². The molecule has 164 valence electrons. The molecule has 5 nitrogen and oxygen atoms in total. The molecule has 6 heteroatoms. The van der Waals surface area contributed by atoms with E-state index in [0.717, 1.165) is 10.4 Å². The number of amides is 1. The fourth-order valence-corrected chi connectivity index (χ4v) is 8.21. The van der Waals surface area contributed by atoms with Crippen LogP contribution in [0.1, 0.15) is 41.5 Å². The van der Waals surface area contributed by atoms with Crippen molar-refractivity contribution >= 4 is 24.8 Å². The van der Waals surface area contributed by atoms with Crippen molar-refractivity contribution in [2.24, 2.45) is 0 Å². The van der Waals surface area contributed by atoms with Gasteiger partial charge in [-0.25, -0.2) is 4.79 Å². The molecule has 0 saturated heterocycles. The highest BCUT2D eigenvalue weighted by Gasteiger charge is 2.50. The van der Waals surface area contributed by atoms with Crippen LogP contribution in [0.2, 0.25) is 5.04 Å². The van der Waals surface area contributed by atoms with Gasteiger partial charge in [0.15, 0.2) is 0 Å². The van der Waals surface area contributed by atoms with Gasteiger partial charge in [-0.3, -0.25) is 0 Å². The van der Waals surface area contributed by atoms with Crippen LogP contribution in [0, 0.1) is 0 Å². The predicted molar refractivity (Wildman–Crippen MR) is 124 cm³/mol. The van der Waals surface area contributed by atoms with Gasteiger partial charge in [-0.15, -0.1) is 0 Å². The van der Waals surface area contributed by atoms with Crippen LogP contribution < -0.4 is 15.7 Å². The van der Waals surface area contributed by atoms with Crippen molar-refractivity contribution in [2.75, 3.05) is 13.2 Å². The molecule has 0 unspecified atom stereocenters. The lowest BCUT2D eigenvalue weighted by Crippen LogP contribution is -2.67. The molecule has 2 N–H and O–H groups in total. The first-order valence-corrected chi connectivity index (χ1v) is 12.3. The fourth-order valence-electron chi connectivity index (χ4n) is 3.60. The molecule has 0 aliphatic rings. The van der Waals surface area contributed by atoms with Crippen molar-refractivity contribution in [3.63, 3.8) is 0 Å². The van der Waals surface area contributed by atoms with Gasteiger partial charge in [0.25, 0.3) is 8.32 Å². The van der Waals surface area contributed by atoms with Gasteiger partial charge in [0.2, 0.25) is 0 Å². The fraction of sp³-hybridized carbons (Fsp3) is 0.458. The smallest absolute Gasteiger partial charge is 0.408 e. The maximum atomic E-state index is 12.2. The quantitative estimate of drug-likeness (QED) is 0.662. The number of carbonyl (C=O) groups excluding carboxylic acids is 1. The molecule has 0 heterocycles. The summed E-state index contributed by atoms with van der Waals surface area (Å²) in [5, 5.41) is 14.7. The summed E-state index contributed by atoms with van der Waals surface area (Å²) in [7, 11) is -2.73.